The summed E-state index contributed by atoms with van der Waals surface area (Å²) < 4.78 is 0. The van der Waals surface area contributed by atoms with Crippen molar-refractivity contribution in [3.8, 4) is 0 Å². The van der Waals surface area contributed by atoms with E-state index in [0.717, 1.165) is 22.3 Å². The molecule has 0 spiro atoms. The molecule has 1 aliphatic carbocycles. The van der Waals surface area contributed by atoms with Gasteiger partial charge in [0.05, 0.1) is 0 Å². The van der Waals surface area contributed by atoms with E-state index in [0.29, 0.717) is 6.42 Å². The Hall–Kier alpha value is -1.44. The van der Waals surface area contributed by atoms with Gasteiger partial charge >= 0.3 is 0 Å². The van der Waals surface area contributed by atoms with Crippen LogP contribution in [0.15, 0.2) is 12.1 Å². The van der Waals surface area contributed by atoms with E-state index in [9.17, 15) is 9.59 Å². The molecule has 0 aromatic heterocycles. The van der Waals surface area contributed by atoms with Gasteiger partial charge in [0.2, 0.25) is 0 Å². The quantitative estimate of drug-likeness (QED) is 0.728. The molecule has 90 valence electrons. The third-order valence-corrected chi connectivity index (χ3v) is 3.48. The minimum absolute atomic E-state index is 0.000129. The maximum absolute atomic E-state index is 12.0. The number of carbonyl (C=O) groups is 2. The molecule has 1 unspecified atom stereocenters. The second kappa shape index (κ2) is 4.10. The molecule has 1 aliphatic rings. The fraction of sp³-hybridized carbons (Fsp3) is 0.467. The van der Waals surface area contributed by atoms with E-state index < -0.39 is 0 Å². The Kier molecular flexibility index (Phi) is 2.90. The van der Waals surface area contributed by atoms with Crippen LogP contribution in [0, 0.1) is 12.8 Å². The number of benzene rings is 1. The first-order valence-corrected chi connectivity index (χ1v) is 6.13. The lowest BCUT2D eigenvalue weighted by Crippen LogP contribution is -2.09. The molecule has 0 N–H and O–H groups in total. The maximum Gasteiger partial charge on any atom is 0.165 e. The number of ketones is 2. The zero-order valence-corrected chi connectivity index (χ0v) is 10.8. The minimum Gasteiger partial charge on any atom is -0.294 e. The number of hydrogen-bond acceptors (Lipinski definition) is 2. The highest BCUT2D eigenvalue weighted by molar-refractivity contribution is 6.05. The molecule has 2 heteroatoms. The highest BCUT2D eigenvalue weighted by Crippen LogP contribution is 2.35. The highest BCUT2D eigenvalue weighted by atomic mass is 16.1. The molecule has 2 rings (SSSR count). The monoisotopic (exact) mass is 230 g/mol. The minimum atomic E-state index is -0.000129. The summed E-state index contributed by atoms with van der Waals surface area (Å²) in [5.41, 5.74) is 3.59. The van der Waals surface area contributed by atoms with Crippen LogP contribution in [0.2, 0.25) is 0 Å². The first kappa shape index (κ1) is 12.0. The second-order valence-electron chi connectivity index (χ2n) is 5.30. The molecule has 1 aromatic carbocycles. The molecule has 17 heavy (non-hydrogen) atoms. The third kappa shape index (κ3) is 1.92. The summed E-state index contributed by atoms with van der Waals surface area (Å²) in [7, 11) is 0. The van der Waals surface area contributed by atoms with Crippen molar-refractivity contribution in [2.75, 3.05) is 0 Å². The number of fused-ring (bicyclic) bond motifs is 1. The third-order valence-electron chi connectivity index (χ3n) is 3.48. The van der Waals surface area contributed by atoms with Crippen LogP contribution >= 0.6 is 0 Å². The first-order chi connectivity index (χ1) is 7.91. The van der Waals surface area contributed by atoms with Crippen molar-refractivity contribution >= 4 is 11.6 Å². The fourth-order valence-electron chi connectivity index (χ4n) is 2.55. The van der Waals surface area contributed by atoms with Crippen LogP contribution in [0.1, 0.15) is 65.0 Å². The first-order valence-electron chi connectivity index (χ1n) is 6.13. The summed E-state index contributed by atoms with van der Waals surface area (Å²) >= 11 is 0. The van der Waals surface area contributed by atoms with Gasteiger partial charge in [0.15, 0.2) is 11.6 Å². The second-order valence-corrected chi connectivity index (χ2v) is 5.30. The lowest BCUT2D eigenvalue weighted by molar-refractivity contribution is 0.0937. The Labute approximate surface area is 102 Å². The van der Waals surface area contributed by atoms with Gasteiger partial charge in [-0.3, -0.25) is 9.59 Å². The molecule has 2 nitrogen and oxygen atoms in total. The van der Waals surface area contributed by atoms with Crippen molar-refractivity contribution in [3.63, 3.8) is 0 Å². The Balaban J connectivity index is 2.56. The van der Waals surface area contributed by atoms with Crippen LogP contribution in [-0.4, -0.2) is 11.6 Å². The molecule has 0 saturated carbocycles. The summed E-state index contributed by atoms with van der Waals surface area (Å²) in [6, 6.07) is 3.78. The zero-order valence-electron chi connectivity index (χ0n) is 10.8. The number of Topliss-reactive ketones (excluding diaryl/α,β-unsaturated/α-hetero) is 2. The van der Waals surface area contributed by atoms with Crippen molar-refractivity contribution in [1.29, 1.82) is 0 Å². The summed E-state index contributed by atoms with van der Waals surface area (Å²) in [6.07, 6.45) is 0.579. The van der Waals surface area contributed by atoms with Gasteiger partial charge in [-0.15, -0.1) is 0 Å². The molecule has 0 fully saturated rings. The van der Waals surface area contributed by atoms with Gasteiger partial charge in [-0.1, -0.05) is 20.8 Å². The number of aryl methyl sites for hydroxylation is 1. The fourth-order valence-corrected chi connectivity index (χ4v) is 2.55. The van der Waals surface area contributed by atoms with Crippen molar-refractivity contribution in [2.24, 2.45) is 5.92 Å². The molecular formula is C15H18O2. The molecule has 0 aliphatic heterocycles. The molecule has 0 saturated heterocycles. The van der Waals surface area contributed by atoms with E-state index in [4.69, 9.17) is 0 Å². The zero-order chi connectivity index (χ0) is 12.7. The van der Waals surface area contributed by atoms with E-state index in [-0.39, 0.29) is 23.4 Å². The maximum atomic E-state index is 12.0. The van der Waals surface area contributed by atoms with Crippen LogP contribution in [0.4, 0.5) is 0 Å². The van der Waals surface area contributed by atoms with Gasteiger partial charge in [0.1, 0.15) is 0 Å². The Morgan fingerprint density at radius 1 is 1.35 bits per heavy atom. The van der Waals surface area contributed by atoms with Gasteiger partial charge in [-0.25, -0.2) is 0 Å². The van der Waals surface area contributed by atoms with Crippen molar-refractivity contribution in [1.82, 2.24) is 0 Å². The standard InChI is InChI=1S/C15H18O2/c1-8(2)15(17)11-5-10(4)14-12(7-11)9(3)6-13(14)16/h5,7-9H,6H2,1-4H3. The Morgan fingerprint density at radius 3 is 2.59 bits per heavy atom. The summed E-state index contributed by atoms with van der Waals surface area (Å²) in [4.78, 5) is 23.8. The Bertz CT molecular complexity index is 498. The van der Waals surface area contributed by atoms with Gasteiger partial charge in [-0.2, -0.15) is 0 Å². The van der Waals surface area contributed by atoms with Gasteiger partial charge in [0.25, 0.3) is 0 Å². The normalized spacial score (nSPS) is 18.6. The van der Waals surface area contributed by atoms with Crippen molar-refractivity contribution < 1.29 is 9.59 Å². The largest absolute Gasteiger partial charge is 0.294 e. The van der Waals surface area contributed by atoms with E-state index in [1.54, 1.807) is 0 Å². The van der Waals surface area contributed by atoms with Crippen LogP contribution in [-0.2, 0) is 0 Å². The van der Waals surface area contributed by atoms with Crippen LogP contribution in [0.5, 0.6) is 0 Å². The predicted octanol–water partition coefficient (Wildman–Crippen LogP) is 3.52. The molecule has 0 amide bonds. The topological polar surface area (TPSA) is 34.1 Å². The molecular weight excluding hydrogens is 212 g/mol. The van der Waals surface area contributed by atoms with Gasteiger partial charge < -0.3 is 0 Å². The average Bonchev–Trinajstić information content (AvgIpc) is 2.53. The molecule has 0 heterocycles. The number of hydrogen-bond donors (Lipinski definition) is 0. The van der Waals surface area contributed by atoms with Gasteiger partial charge in [-0.05, 0) is 36.1 Å². The molecule has 1 atom stereocenters. The smallest absolute Gasteiger partial charge is 0.165 e. The van der Waals surface area contributed by atoms with Crippen LogP contribution in [0.3, 0.4) is 0 Å². The number of rotatable bonds is 2. The predicted molar refractivity (Wildman–Crippen MR) is 67.7 cm³/mol. The summed E-state index contributed by atoms with van der Waals surface area (Å²) in [5, 5.41) is 0. The van der Waals surface area contributed by atoms with E-state index in [1.807, 2.05) is 39.8 Å². The molecule has 0 radical (unpaired) electrons. The molecule has 0 bridgehead atoms. The van der Waals surface area contributed by atoms with Gasteiger partial charge in [0, 0.05) is 23.5 Å². The summed E-state index contributed by atoms with van der Waals surface area (Å²) in [5.74, 6) is 0.618. The highest BCUT2D eigenvalue weighted by Gasteiger charge is 2.29. The van der Waals surface area contributed by atoms with E-state index in [1.165, 1.54) is 0 Å². The van der Waals surface area contributed by atoms with Crippen LogP contribution in [0.25, 0.3) is 0 Å². The van der Waals surface area contributed by atoms with E-state index >= 15 is 0 Å². The lowest BCUT2D eigenvalue weighted by atomic mass is 9.92. The SMILES string of the molecule is Cc1cc(C(=O)C(C)C)cc2c1C(=O)CC2C. The van der Waals surface area contributed by atoms with Crippen molar-refractivity contribution in [3.05, 3.63) is 34.4 Å². The lowest BCUT2D eigenvalue weighted by Gasteiger charge is -2.11. The Morgan fingerprint density at radius 2 is 2.00 bits per heavy atom. The van der Waals surface area contributed by atoms with Crippen LogP contribution < -0.4 is 0 Å². The van der Waals surface area contributed by atoms with Crippen molar-refractivity contribution in [2.45, 2.75) is 40.0 Å². The average molecular weight is 230 g/mol. The molecule has 1 aromatic rings. The number of carbonyl (C=O) groups excluding carboxylic acids is 2. The van der Waals surface area contributed by atoms with E-state index in [2.05, 4.69) is 0 Å². The summed E-state index contributed by atoms with van der Waals surface area (Å²) in [6.45, 7) is 7.78.